The number of aliphatic hydroxyl groups is 1. The van der Waals surface area contributed by atoms with Crippen LogP contribution in [-0.2, 0) is 0 Å². The normalized spacial score (nSPS) is 22.0. The van der Waals surface area contributed by atoms with Crippen molar-refractivity contribution in [1.29, 1.82) is 0 Å². The number of amides is 1. The zero-order chi connectivity index (χ0) is 22.2. The number of aromatic nitrogens is 2. The largest absolute Gasteiger partial charge is 0.390 e. The number of hydrogen-bond acceptors (Lipinski definition) is 6. The first kappa shape index (κ1) is 21.1. The molecule has 0 aliphatic carbocycles. The molecule has 2 atom stereocenters. The lowest BCUT2D eigenvalue weighted by atomic mass is 10.1. The fourth-order valence-corrected chi connectivity index (χ4v) is 4.87. The van der Waals surface area contributed by atoms with Crippen molar-refractivity contribution in [1.82, 2.24) is 19.8 Å². The van der Waals surface area contributed by atoms with Crippen molar-refractivity contribution < 1.29 is 9.90 Å². The molecule has 2 saturated heterocycles. The molecular weight excluding hydrogens is 426 g/mol. The zero-order valence-electron chi connectivity index (χ0n) is 18.0. The molecule has 2 aliphatic heterocycles. The second kappa shape index (κ2) is 8.65. The van der Waals surface area contributed by atoms with Crippen molar-refractivity contribution in [2.45, 2.75) is 19.1 Å². The molecule has 2 aromatic carbocycles. The Morgan fingerprint density at radius 3 is 2.47 bits per heavy atom. The van der Waals surface area contributed by atoms with E-state index in [2.05, 4.69) is 14.8 Å². The van der Waals surface area contributed by atoms with E-state index in [-0.39, 0.29) is 11.9 Å². The van der Waals surface area contributed by atoms with Gasteiger partial charge in [-0.15, -0.1) is 0 Å². The number of fused-ring (bicyclic) bond motifs is 1. The average Bonchev–Trinajstić information content (AvgIpc) is 3.20. The third kappa shape index (κ3) is 4.03. The highest BCUT2D eigenvalue weighted by atomic mass is 35.5. The smallest absolute Gasteiger partial charge is 0.253 e. The van der Waals surface area contributed by atoms with E-state index in [0.29, 0.717) is 36.8 Å². The minimum Gasteiger partial charge on any atom is -0.390 e. The quantitative estimate of drug-likeness (QED) is 0.660. The Labute approximate surface area is 192 Å². The SMILES string of the molecule is Cc1nc(N2C[C@H](O)[C@@H](N3CCN(C(=O)c4ccc(Cl)cc4)CC3)C2)c2ccccc2n1. The number of para-hydroxylation sites is 1. The van der Waals surface area contributed by atoms with E-state index in [4.69, 9.17) is 16.6 Å². The van der Waals surface area contributed by atoms with Gasteiger partial charge in [0.15, 0.2) is 0 Å². The van der Waals surface area contributed by atoms with Crippen molar-refractivity contribution >= 4 is 34.2 Å². The molecule has 0 saturated carbocycles. The summed E-state index contributed by atoms with van der Waals surface area (Å²) < 4.78 is 0. The van der Waals surface area contributed by atoms with Crippen molar-refractivity contribution in [3.8, 4) is 0 Å². The summed E-state index contributed by atoms with van der Waals surface area (Å²) in [4.78, 5) is 28.4. The first-order chi connectivity index (χ1) is 15.5. The van der Waals surface area contributed by atoms with E-state index in [1.54, 1.807) is 24.3 Å². The van der Waals surface area contributed by atoms with Gasteiger partial charge < -0.3 is 14.9 Å². The van der Waals surface area contributed by atoms with Crippen LogP contribution in [-0.4, -0.2) is 82.2 Å². The number of aryl methyl sites for hydroxylation is 1. The Kier molecular flexibility index (Phi) is 5.71. The molecule has 3 aromatic rings. The first-order valence-corrected chi connectivity index (χ1v) is 11.3. The van der Waals surface area contributed by atoms with E-state index in [0.717, 1.165) is 35.6 Å². The third-order valence-corrected chi connectivity index (χ3v) is 6.67. The van der Waals surface area contributed by atoms with Gasteiger partial charge in [0.25, 0.3) is 5.91 Å². The Balaban J connectivity index is 1.26. The van der Waals surface area contributed by atoms with Gasteiger partial charge in [-0.3, -0.25) is 9.69 Å². The third-order valence-electron chi connectivity index (χ3n) is 6.42. The zero-order valence-corrected chi connectivity index (χ0v) is 18.7. The van der Waals surface area contributed by atoms with Crippen molar-refractivity contribution in [3.05, 3.63) is 64.9 Å². The number of aliphatic hydroxyl groups excluding tert-OH is 1. The van der Waals surface area contributed by atoms with Gasteiger partial charge in [0, 0.05) is 55.2 Å². The molecule has 3 heterocycles. The van der Waals surface area contributed by atoms with Crippen LogP contribution in [0.15, 0.2) is 48.5 Å². The van der Waals surface area contributed by atoms with Crippen LogP contribution in [0.25, 0.3) is 10.9 Å². The number of halogens is 1. The Bertz CT molecular complexity index is 1130. The fourth-order valence-electron chi connectivity index (χ4n) is 4.75. The van der Waals surface area contributed by atoms with Crippen LogP contribution in [0, 0.1) is 6.92 Å². The van der Waals surface area contributed by atoms with Crippen LogP contribution in [0.1, 0.15) is 16.2 Å². The molecule has 8 heteroatoms. The highest BCUT2D eigenvalue weighted by Gasteiger charge is 2.38. The maximum atomic E-state index is 12.8. The molecule has 0 radical (unpaired) electrons. The van der Waals surface area contributed by atoms with Gasteiger partial charge in [-0.2, -0.15) is 0 Å². The molecule has 1 aromatic heterocycles. The highest BCUT2D eigenvalue weighted by molar-refractivity contribution is 6.30. The predicted octanol–water partition coefficient (Wildman–Crippen LogP) is 2.60. The van der Waals surface area contributed by atoms with E-state index in [1.165, 1.54) is 0 Å². The van der Waals surface area contributed by atoms with Crippen LogP contribution >= 0.6 is 11.6 Å². The Hall–Kier alpha value is -2.74. The van der Waals surface area contributed by atoms with Crippen molar-refractivity contribution in [2.24, 2.45) is 0 Å². The lowest BCUT2D eigenvalue weighted by Crippen LogP contribution is -2.54. The summed E-state index contributed by atoms with van der Waals surface area (Å²) in [6.07, 6.45) is -0.470. The summed E-state index contributed by atoms with van der Waals surface area (Å²) in [5.41, 5.74) is 1.57. The van der Waals surface area contributed by atoms with Gasteiger partial charge >= 0.3 is 0 Å². The number of carbonyl (C=O) groups excluding carboxylic acids is 1. The number of hydrogen-bond donors (Lipinski definition) is 1. The topological polar surface area (TPSA) is 72.8 Å². The number of carbonyl (C=O) groups is 1. The van der Waals surface area contributed by atoms with Gasteiger partial charge in [-0.1, -0.05) is 23.7 Å². The number of β-amino-alcohol motifs (C(OH)–C–C–N with tert-alkyl or cyclic N) is 1. The molecule has 1 N–H and O–H groups in total. The molecular formula is C24H26ClN5O2. The second-order valence-corrected chi connectivity index (χ2v) is 8.92. The monoisotopic (exact) mass is 451 g/mol. The molecule has 166 valence electrons. The standard InChI is InChI=1S/C24H26ClN5O2/c1-16-26-20-5-3-2-4-19(20)23(27-16)30-14-21(22(31)15-30)28-10-12-29(13-11-28)24(32)17-6-8-18(25)9-7-17/h2-9,21-22,31H,10-15H2,1H3/t21-,22-/m0/s1. The molecule has 2 aliphatic rings. The lowest BCUT2D eigenvalue weighted by molar-refractivity contribution is 0.0376. The summed E-state index contributed by atoms with van der Waals surface area (Å²) in [6, 6.07) is 15.0. The number of anilines is 1. The van der Waals surface area contributed by atoms with Crippen LogP contribution in [0.4, 0.5) is 5.82 Å². The minimum absolute atomic E-state index is 0.0109. The summed E-state index contributed by atoms with van der Waals surface area (Å²) in [7, 11) is 0. The minimum atomic E-state index is -0.470. The predicted molar refractivity (Wildman–Crippen MR) is 125 cm³/mol. The lowest BCUT2D eigenvalue weighted by Gasteiger charge is -2.38. The number of benzene rings is 2. The molecule has 0 unspecified atom stereocenters. The van der Waals surface area contributed by atoms with Gasteiger partial charge in [-0.05, 0) is 43.3 Å². The maximum absolute atomic E-state index is 12.8. The molecule has 0 spiro atoms. The van der Waals surface area contributed by atoms with Crippen molar-refractivity contribution in [3.63, 3.8) is 0 Å². The van der Waals surface area contributed by atoms with Crippen LogP contribution in [0.3, 0.4) is 0 Å². The summed E-state index contributed by atoms with van der Waals surface area (Å²) >= 11 is 5.94. The molecule has 32 heavy (non-hydrogen) atoms. The van der Waals surface area contributed by atoms with Gasteiger partial charge in [-0.25, -0.2) is 9.97 Å². The molecule has 0 bridgehead atoms. The van der Waals surface area contributed by atoms with Crippen LogP contribution in [0.5, 0.6) is 0 Å². The van der Waals surface area contributed by atoms with E-state index >= 15 is 0 Å². The number of nitrogens with zero attached hydrogens (tertiary/aromatic N) is 5. The second-order valence-electron chi connectivity index (χ2n) is 8.49. The molecule has 7 nitrogen and oxygen atoms in total. The van der Waals surface area contributed by atoms with Gasteiger partial charge in [0.1, 0.15) is 11.6 Å². The van der Waals surface area contributed by atoms with Crippen molar-refractivity contribution in [2.75, 3.05) is 44.2 Å². The maximum Gasteiger partial charge on any atom is 0.253 e. The Morgan fingerprint density at radius 2 is 1.72 bits per heavy atom. The van der Waals surface area contributed by atoms with E-state index in [9.17, 15) is 9.90 Å². The average molecular weight is 452 g/mol. The molecule has 5 rings (SSSR count). The Morgan fingerprint density at radius 1 is 1.00 bits per heavy atom. The molecule has 1 amide bonds. The molecule has 2 fully saturated rings. The van der Waals surface area contributed by atoms with E-state index in [1.807, 2.05) is 36.1 Å². The highest BCUT2D eigenvalue weighted by Crippen LogP contribution is 2.29. The van der Waals surface area contributed by atoms with Gasteiger partial charge in [0.05, 0.1) is 17.7 Å². The van der Waals surface area contributed by atoms with E-state index < -0.39 is 6.10 Å². The number of rotatable bonds is 3. The number of piperazine rings is 1. The van der Waals surface area contributed by atoms with Crippen LogP contribution in [0.2, 0.25) is 5.02 Å². The summed E-state index contributed by atoms with van der Waals surface area (Å²) in [5.74, 6) is 1.63. The summed E-state index contributed by atoms with van der Waals surface area (Å²) in [5, 5.41) is 12.5. The van der Waals surface area contributed by atoms with Crippen LogP contribution < -0.4 is 4.90 Å². The summed E-state index contributed by atoms with van der Waals surface area (Å²) in [6.45, 7) is 5.88. The van der Waals surface area contributed by atoms with Gasteiger partial charge in [0.2, 0.25) is 0 Å². The fraction of sp³-hybridized carbons (Fsp3) is 0.375. The first-order valence-electron chi connectivity index (χ1n) is 10.9.